The zero-order valence-corrected chi connectivity index (χ0v) is 11.7. The van der Waals surface area contributed by atoms with Crippen molar-refractivity contribution in [3.8, 4) is 17.3 Å². The molecule has 0 aliphatic heterocycles. The van der Waals surface area contributed by atoms with Crippen LogP contribution in [-0.2, 0) is 13.0 Å². The monoisotopic (exact) mass is 272 g/mol. The molecule has 4 nitrogen and oxygen atoms in total. The van der Waals surface area contributed by atoms with Gasteiger partial charge in [0.15, 0.2) is 0 Å². The van der Waals surface area contributed by atoms with Crippen molar-refractivity contribution >= 4 is 5.82 Å². The van der Waals surface area contributed by atoms with E-state index >= 15 is 0 Å². The number of hydrogen-bond acceptors (Lipinski definition) is 3. The van der Waals surface area contributed by atoms with Gasteiger partial charge in [0, 0.05) is 18.5 Å². The number of nitriles is 1. The normalized spacial score (nSPS) is 10.5. The van der Waals surface area contributed by atoms with Gasteiger partial charge in [0.05, 0.1) is 5.56 Å². The fourth-order valence-electron chi connectivity index (χ4n) is 2.23. The van der Waals surface area contributed by atoms with Crippen LogP contribution in [0.3, 0.4) is 0 Å². The highest BCUT2D eigenvalue weighted by Gasteiger charge is 2.15. The minimum Gasteiger partial charge on any atom is -0.383 e. The van der Waals surface area contributed by atoms with Crippen LogP contribution in [0.25, 0.3) is 11.3 Å². The van der Waals surface area contributed by atoms with Gasteiger partial charge in [0.1, 0.15) is 29.2 Å². The van der Waals surface area contributed by atoms with Gasteiger partial charge < -0.3 is 10.3 Å². The van der Waals surface area contributed by atoms with Crippen LogP contribution in [-0.4, -0.2) is 9.55 Å². The molecular formula is C15H17FN4. The van der Waals surface area contributed by atoms with E-state index in [4.69, 9.17) is 11.0 Å². The minimum atomic E-state index is -0.529. The van der Waals surface area contributed by atoms with E-state index < -0.39 is 5.82 Å². The minimum absolute atomic E-state index is 0.00462. The summed E-state index contributed by atoms with van der Waals surface area (Å²) in [5.74, 6) is 0.944. The maximum Gasteiger partial charge on any atom is 0.140 e. The van der Waals surface area contributed by atoms with Crippen LogP contribution in [0.15, 0.2) is 18.2 Å². The SMILES string of the molecule is CCCn1c(CC)nc(-c2ccc(F)c(C#N)c2)c1N. The molecule has 1 heterocycles. The maximum atomic E-state index is 13.4. The molecule has 0 unspecified atom stereocenters. The highest BCUT2D eigenvalue weighted by Crippen LogP contribution is 2.28. The van der Waals surface area contributed by atoms with E-state index in [0.29, 0.717) is 17.1 Å². The van der Waals surface area contributed by atoms with E-state index in [0.717, 1.165) is 25.2 Å². The van der Waals surface area contributed by atoms with Crippen LogP contribution >= 0.6 is 0 Å². The third-order valence-corrected chi connectivity index (χ3v) is 3.21. The number of rotatable bonds is 4. The summed E-state index contributed by atoms with van der Waals surface area (Å²) in [4.78, 5) is 4.53. The Hall–Kier alpha value is -2.35. The van der Waals surface area contributed by atoms with Gasteiger partial charge in [-0.15, -0.1) is 0 Å². The highest BCUT2D eigenvalue weighted by molar-refractivity contribution is 5.72. The molecule has 2 N–H and O–H groups in total. The van der Waals surface area contributed by atoms with Crippen LogP contribution in [0.5, 0.6) is 0 Å². The van der Waals surface area contributed by atoms with E-state index in [-0.39, 0.29) is 5.56 Å². The molecule has 0 saturated carbocycles. The van der Waals surface area contributed by atoms with Crippen molar-refractivity contribution in [1.82, 2.24) is 9.55 Å². The zero-order valence-electron chi connectivity index (χ0n) is 11.7. The molecular weight excluding hydrogens is 255 g/mol. The molecule has 0 fully saturated rings. The van der Waals surface area contributed by atoms with E-state index in [9.17, 15) is 4.39 Å². The molecule has 0 atom stereocenters. The van der Waals surface area contributed by atoms with Gasteiger partial charge in [0.2, 0.25) is 0 Å². The molecule has 1 aromatic heterocycles. The Morgan fingerprint density at radius 1 is 1.40 bits per heavy atom. The Bertz CT molecular complexity index is 667. The van der Waals surface area contributed by atoms with Crippen molar-refractivity contribution in [3.05, 3.63) is 35.4 Å². The summed E-state index contributed by atoms with van der Waals surface area (Å²) in [6.45, 7) is 4.89. The van der Waals surface area contributed by atoms with Crippen LogP contribution in [0.2, 0.25) is 0 Å². The van der Waals surface area contributed by atoms with Crippen molar-refractivity contribution in [3.63, 3.8) is 0 Å². The number of anilines is 1. The van der Waals surface area contributed by atoms with Crippen LogP contribution in [0.4, 0.5) is 10.2 Å². The van der Waals surface area contributed by atoms with Crippen molar-refractivity contribution in [2.24, 2.45) is 0 Å². The lowest BCUT2D eigenvalue weighted by molar-refractivity contribution is 0.624. The predicted molar refractivity (Wildman–Crippen MR) is 76.4 cm³/mol. The Balaban J connectivity index is 2.56. The average molecular weight is 272 g/mol. The first-order chi connectivity index (χ1) is 9.62. The summed E-state index contributed by atoms with van der Waals surface area (Å²) in [5, 5.41) is 8.90. The molecule has 2 rings (SSSR count). The topological polar surface area (TPSA) is 67.6 Å². The number of hydrogen-bond donors (Lipinski definition) is 1. The quantitative estimate of drug-likeness (QED) is 0.929. The fourth-order valence-corrected chi connectivity index (χ4v) is 2.23. The Kier molecular flexibility index (Phi) is 4.04. The maximum absolute atomic E-state index is 13.4. The van der Waals surface area contributed by atoms with Crippen molar-refractivity contribution < 1.29 is 4.39 Å². The van der Waals surface area contributed by atoms with Crippen LogP contribution in [0, 0.1) is 17.1 Å². The Morgan fingerprint density at radius 3 is 2.75 bits per heavy atom. The predicted octanol–water partition coefficient (Wildman–Crippen LogP) is 3.12. The summed E-state index contributed by atoms with van der Waals surface area (Å²) < 4.78 is 15.4. The molecule has 0 aliphatic carbocycles. The van der Waals surface area contributed by atoms with Gasteiger partial charge in [-0.3, -0.25) is 0 Å². The molecule has 0 radical (unpaired) electrons. The highest BCUT2D eigenvalue weighted by atomic mass is 19.1. The Labute approximate surface area is 117 Å². The first-order valence-electron chi connectivity index (χ1n) is 6.67. The smallest absolute Gasteiger partial charge is 0.140 e. The molecule has 2 aromatic rings. The second-order valence-corrected chi connectivity index (χ2v) is 4.57. The first-order valence-corrected chi connectivity index (χ1v) is 6.67. The molecule has 0 spiro atoms. The second-order valence-electron chi connectivity index (χ2n) is 4.57. The molecule has 20 heavy (non-hydrogen) atoms. The summed E-state index contributed by atoms with van der Waals surface area (Å²) in [7, 11) is 0. The van der Waals surface area contributed by atoms with Crippen LogP contribution < -0.4 is 5.73 Å². The average Bonchev–Trinajstić information content (AvgIpc) is 2.77. The second kappa shape index (κ2) is 5.74. The van der Waals surface area contributed by atoms with E-state index in [1.54, 1.807) is 6.07 Å². The zero-order chi connectivity index (χ0) is 14.7. The fraction of sp³-hybridized carbons (Fsp3) is 0.333. The van der Waals surface area contributed by atoms with E-state index in [1.165, 1.54) is 12.1 Å². The third kappa shape index (κ3) is 2.37. The lowest BCUT2D eigenvalue weighted by atomic mass is 10.1. The number of halogens is 1. The molecule has 0 amide bonds. The molecule has 0 saturated heterocycles. The lowest BCUT2D eigenvalue weighted by Gasteiger charge is -2.06. The molecule has 0 aliphatic rings. The molecule has 5 heteroatoms. The number of imidazole rings is 1. The molecule has 0 bridgehead atoms. The molecule has 104 valence electrons. The van der Waals surface area contributed by atoms with Gasteiger partial charge in [-0.1, -0.05) is 13.8 Å². The molecule has 1 aromatic carbocycles. The standard InChI is InChI=1S/C15H17FN4/c1-3-7-20-13(4-2)19-14(15(20)18)10-5-6-12(16)11(8-10)9-17/h5-6,8H,3-4,7,18H2,1-2H3. The summed E-state index contributed by atoms with van der Waals surface area (Å²) in [6.07, 6.45) is 1.73. The van der Waals surface area contributed by atoms with Crippen molar-refractivity contribution in [2.75, 3.05) is 5.73 Å². The van der Waals surface area contributed by atoms with Crippen molar-refractivity contribution in [2.45, 2.75) is 33.2 Å². The summed E-state index contributed by atoms with van der Waals surface area (Å²) >= 11 is 0. The van der Waals surface area contributed by atoms with Crippen LogP contribution in [0.1, 0.15) is 31.7 Å². The third-order valence-electron chi connectivity index (χ3n) is 3.21. The van der Waals surface area contributed by atoms with E-state index in [1.807, 2.05) is 17.6 Å². The number of benzene rings is 1. The number of nitrogens with zero attached hydrogens (tertiary/aromatic N) is 3. The lowest BCUT2D eigenvalue weighted by Crippen LogP contribution is -2.06. The van der Waals surface area contributed by atoms with Crippen molar-refractivity contribution in [1.29, 1.82) is 5.26 Å². The Morgan fingerprint density at radius 2 is 2.15 bits per heavy atom. The number of nitrogen functional groups attached to an aromatic ring is 1. The largest absolute Gasteiger partial charge is 0.383 e. The number of aromatic nitrogens is 2. The first kappa shape index (κ1) is 14.1. The number of nitrogens with two attached hydrogens (primary N) is 1. The van der Waals surface area contributed by atoms with E-state index in [2.05, 4.69) is 11.9 Å². The van der Waals surface area contributed by atoms with Gasteiger partial charge in [-0.25, -0.2) is 9.37 Å². The summed E-state index contributed by atoms with van der Waals surface area (Å²) in [5.41, 5.74) is 7.44. The van der Waals surface area contributed by atoms with Gasteiger partial charge in [0.25, 0.3) is 0 Å². The summed E-state index contributed by atoms with van der Waals surface area (Å²) in [6, 6.07) is 6.20. The number of aryl methyl sites for hydroxylation is 1. The van der Waals surface area contributed by atoms with Gasteiger partial charge in [-0.05, 0) is 24.6 Å². The van der Waals surface area contributed by atoms with Gasteiger partial charge >= 0.3 is 0 Å². The van der Waals surface area contributed by atoms with Gasteiger partial charge in [-0.2, -0.15) is 5.26 Å².